The molecule has 1 aliphatic rings. The molecule has 1 fully saturated rings. The van der Waals surface area contributed by atoms with Crippen molar-refractivity contribution in [2.75, 3.05) is 18.4 Å². The summed E-state index contributed by atoms with van der Waals surface area (Å²) in [5, 5.41) is 17.7. The number of anilines is 1. The van der Waals surface area contributed by atoms with Gasteiger partial charge in [-0.3, -0.25) is 0 Å². The van der Waals surface area contributed by atoms with Crippen molar-refractivity contribution in [1.29, 1.82) is 0 Å². The fourth-order valence-corrected chi connectivity index (χ4v) is 4.18. The van der Waals surface area contributed by atoms with E-state index in [1.807, 2.05) is 30.3 Å². The Kier molecular flexibility index (Phi) is 7.28. The molecule has 2 heterocycles. The Morgan fingerprint density at radius 1 is 1.10 bits per heavy atom. The highest BCUT2D eigenvalue weighted by Crippen LogP contribution is 2.28. The highest BCUT2D eigenvalue weighted by molar-refractivity contribution is 7.15. The molecule has 0 atom stereocenters. The molecule has 4 rings (SSSR count). The molecule has 0 unspecified atom stereocenters. The molecule has 2 aromatic carbocycles. The molecule has 0 bridgehead atoms. The Labute approximate surface area is 189 Å². The number of aromatic nitrogens is 2. The highest BCUT2D eigenvalue weighted by atomic mass is 35.5. The molecular formula is C21H22Cl2N4O2S. The van der Waals surface area contributed by atoms with Gasteiger partial charge in [0.1, 0.15) is 24.2 Å². The molecule has 30 heavy (non-hydrogen) atoms. The van der Waals surface area contributed by atoms with Crippen molar-refractivity contribution in [2.45, 2.75) is 32.1 Å². The van der Waals surface area contributed by atoms with Gasteiger partial charge >= 0.3 is 0 Å². The van der Waals surface area contributed by atoms with Gasteiger partial charge < -0.3 is 20.1 Å². The number of ether oxygens (including phenoxy) is 2. The molecule has 1 saturated heterocycles. The predicted molar refractivity (Wildman–Crippen MR) is 121 cm³/mol. The van der Waals surface area contributed by atoms with Crippen LogP contribution in [0.3, 0.4) is 0 Å². The number of nitrogens with one attached hydrogen (secondary N) is 2. The number of rotatable bonds is 8. The summed E-state index contributed by atoms with van der Waals surface area (Å²) >= 11 is 13.8. The summed E-state index contributed by atoms with van der Waals surface area (Å²) < 4.78 is 11.7. The quantitative estimate of drug-likeness (QED) is 0.479. The Morgan fingerprint density at radius 3 is 2.77 bits per heavy atom. The third-order valence-electron chi connectivity index (χ3n) is 4.65. The zero-order chi connectivity index (χ0) is 20.8. The van der Waals surface area contributed by atoms with Crippen LogP contribution < -0.4 is 20.1 Å². The molecule has 158 valence electrons. The van der Waals surface area contributed by atoms with E-state index in [2.05, 4.69) is 20.8 Å². The van der Waals surface area contributed by atoms with Crippen molar-refractivity contribution in [1.82, 2.24) is 15.5 Å². The van der Waals surface area contributed by atoms with Gasteiger partial charge in [-0.05, 0) is 61.8 Å². The fourth-order valence-electron chi connectivity index (χ4n) is 3.11. The van der Waals surface area contributed by atoms with Crippen LogP contribution >= 0.6 is 34.5 Å². The van der Waals surface area contributed by atoms with Crippen molar-refractivity contribution < 1.29 is 9.47 Å². The Morgan fingerprint density at radius 2 is 1.97 bits per heavy atom. The maximum absolute atomic E-state index is 6.43. The highest BCUT2D eigenvalue weighted by Gasteiger charge is 2.16. The van der Waals surface area contributed by atoms with Crippen LogP contribution in [-0.2, 0) is 13.2 Å². The molecule has 0 amide bonds. The molecule has 3 aromatic rings. The maximum atomic E-state index is 6.43. The lowest BCUT2D eigenvalue weighted by molar-refractivity contribution is 0.162. The monoisotopic (exact) mass is 464 g/mol. The zero-order valence-electron chi connectivity index (χ0n) is 16.2. The number of nitrogens with zero attached hydrogens (tertiary/aromatic N) is 2. The lowest BCUT2D eigenvalue weighted by Gasteiger charge is -2.24. The number of hydrogen-bond donors (Lipinski definition) is 2. The van der Waals surface area contributed by atoms with Gasteiger partial charge in [0.25, 0.3) is 0 Å². The molecule has 1 aliphatic heterocycles. The first-order valence-corrected chi connectivity index (χ1v) is 11.3. The van der Waals surface area contributed by atoms with Crippen molar-refractivity contribution in [3.8, 4) is 11.5 Å². The fraction of sp³-hybridized carbons (Fsp3) is 0.333. The first-order valence-electron chi connectivity index (χ1n) is 9.76. The molecular weight excluding hydrogens is 443 g/mol. The Balaban J connectivity index is 1.27. The molecule has 1 aromatic heterocycles. The van der Waals surface area contributed by atoms with Crippen LogP contribution in [0.5, 0.6) is 11.5 Å². The van der Waals surface area contributed by atoms with Gasteiger partial charge in [-0.2, -0.15) is 0 Å². The van der Waals surface area contributed by atoms with Gasteiger partial charge in [-0.1, -0.05) is 46.7 Å². The van der Waals surface area contributed by atoms with Gasteiger partial charge in [0.2, 0.25) is 5.13 Å². The second-order valence-corrected chi connectivity index (χ2v) is 8.84. The van der Waals surface area contributed by atoms with Gasteiger partial charge in [0.15, 0.2) is 5.01 Å². The number of piperidine rings is 1. The van der Waals surface area contributed by atoms with Crippen LogP contribution in [0.25, 0.3) is 0 Å². The molecule has 0 saturated carbocycles. The SMILES string of the molecule is Clc1cccc(OCc2nnc(NCc3ccc(OC4CCNCC4)c(Cl)c3)s2)c1. The van der Waals surface area contributed by atoms with E-state index in [4.69, 9.17) is 32.7 Å². The molecule has 9 heteroatoms. The van der Waals surface area contributed by atoms with Gasteiger partial charge in [-0.15, -0.1) is 10.2 Å². The lowest BCUT2D eigenvalue weighted by atomic mass is 10.1. The molecule has 0 aliphatic carbocycles. The summed E-state index contributed by atoms with van der Waals surface area (Å²) in [4.78, 5) is 0. The van der Waals surface area contributed by atoms with E-state index in [9.17, 15) is 0 Å². The maximum Gasteiger partial charge on any atom is 0.206 e. The minimum atomic E-state index is 0.224. The van der Waals surface area contributed by atoms with Crippen LogP contribution in [-0.4, -0.2) is 29.4 Å². The van der Waals surface area contributed by atoms with Gasteiger partial charge in [-0.25, -0.2) is 0 Å². The van der Waals surface area contributed by atoms with Crippen molar-refractivity contribution >= 4 is 39.7 Å². The Bertz CT molecular complexity index is 979. The third kappa shape index (κ3) is 5.98. The van der Waals surface area contributed by atoms with E-state index in [0.29, 0.717) is 28.9 Å². The van der Waals surface area contributed by atoms with Crippen LogP contribution in [0.4, 0.5) is 5.13 Å². The van der Waals surface area contributed by atoms with E-state index >= 15 is 0 Å². The van der Waals surface area contributed by atoms with E-state index in [1.54, 1.807) is 12.1 Å². The standard InChI is InChI=1S/C21H22Cl2N4O2S/c22-15-2-1-3-17(11-15)28-13-20-26-27-21(30-20)25-12-14-4-5-19(18(23)10-14)29-16-6-8-24-9-7-16/h1-5,10-11,16,24H,6-9,12-13H2,(H,25,27). The van der Waals surface area contributed by atoms with E-state index in [1.165, 1.54) is 11.3 Å². The zero-order valence-corrected chi connectivity index (χ0v) is 18.6. The summed E-state index contributed by atoms with van der Waals surface area (Å²) in [7, 11) is 0. The first kappa shape index (κ1) is 21.2. The van der Waals surface area contributed by atoms with Crippen LogP contribution in [0.2, 0.25) is 10.0 Å². The first-order chi connectivity index (χ1) is 14.7. The molecule has 6 nitrogen and oxygen atoms in total. The smallest absolute Gasteiger partial charge is 0.206 e. The van der Waals surface area contributed by atoms with E-state index in [0.717, 1.165) is 47.4 Å². The third-order valence-corrected chi connectivity index (χ3v) is 6.03. The summed E-state index contributed by atoms with van der Waals surface area (Å²) in [6, 6.07) is 13.1. The molecule has 0 spiro atoms. The summed E-state index contributed by atoms with van der Waals surface area (Å²) in [6.07, 6.45) is 2.22. The average Bonchev–Trinajstić information content (AvgIpc) is 3.21. The second-order valence-electron chi connectivity index (χ2n) is 6.93. The largest absolute Gasteiger partial charge is 0.489 e. The summed E-state index contributed by atoms with van der Waals surface area (Å²) in [6.45, 7) is 2.90. The van der Waals surface area contributed by atoms with Gasteiger partial charge in [0.05, 0.1) is 5.02 Å². The minimum Gasteiger partial charge on any atom is -0.489 e. The summed E-state index contributed by atoms with van der Waals surface area (Å²) in [5.41, 5.74) is 1.05. The summed E-state index contributed by atoms with van der Waals surface area (Å²) in [5.74, 6) is 1.44. The van der Waals surface area contributed by atoms with Crippen molar-refractivity contribution in [3.05, 3.63) is 63.1 Å². The van der Waals surface area contributed by atoms with Gasteiger partial charge in [0, 0.05) is 11.6 Å². The molecule has 2 N–H and O–H groups in total. The van der Waals surface area contributed by atoms with Crippen LogP contribution in [0.1, 0.15) is 23.4 Å². The predicted octanol–water partition coefficient (Wildman–Crippen LogP) is 5.17. The van der Waals surface area contributed by atoms with Crippen molar-refractivity contribution in [3.63, 3.8) is 0 Å². The Hall–Kier alpha value is -2.06. The van der Waals surface area contributed by atoms with E-state index < -0.39 is 0 Å². The number of hydrogen-bond acceptors (Lipinski definition) is 7. The van der Waals surface area contributed by atoms with Crippen LogP contribution in [0.15, 0.2) is 42.5 Å². The number of benzene rings is 2. The number of halogens is 2. The second kappa shape index (κ2) is 10.3. The van der Waals surface area contributed by atoms with Crippen LogP contribution in [0, 0.1) is 0 Å². The topological polar surface area (TPSA) is 68.3 Å². The normalized spacial score (nSPS) is 14.5. The van der Waals surface area contributed by atoms with E-state index in [-0.39, 0.29) is 6.10 Å². The van der Waals surface area contributed by atoms with Crippen molar-refractivity contribution in [2.24, 2.45) is 0 Å². The average molecular weight is 465 g/mol. The lowest BCUT2D eigenvalue weighted by Crippen LogP contribution is -2.34. The minimum absolute atomic E-state index is 0.224. The molecule has 0 radical (unpaired) electrons.